The molecule has 1 saturated carbocycles. The third-order valence-electron chi connectivity index (χ3n) is 3.67. The number of unbranched alkanes of at least 4 members (excludes halogenated alkanes) is 1. The Morgan fingerprint density at radius 3 is 2.85 bits per heavy atom. The lowest BCUT2D eigenvalue weighted by molar-refractivity contribution is 0.161. The highest BCUT2D eigenvalue weighted by Gasteiger charge is 2.31. The fraction of sp³-hybridized carbons (Fsp3) is 0.625. The molecular weight excluding hydrogens is 334 g/mol. The van der Waals surface area contributed by atoms with Gasteiger partial charge in [-0.15, -0.1) is 11.8 Å². The molecule has 0 aliphatic heterocycles. The number of hydrogen-bond acceptors (Lipinski definition) is 3. The molecule has 1 aromatic rings. The summed E-state index contributed by atoms with van der Waals surface area (Å²) in [6, 6.07) is 9.11. The lowest BCUT2D eigenvalue weighted by Crippen LogP contribution is -2.46. The lowest BCUT2D eigenvalue weighted by Gasteiger charge is -2.29. The first-order valence-electron chi connectivity index (χ1n) is 7.38. The van der Waals surface area contributed by atoms with Crippen molar-refractivity contribution in [1.82, 2.24) is 5.32 Å². The highest BCUT2D eigenvalue weighted by Crippen LogP contribution is 2.26. The van der Waals surface area contributed by atoms with Gasteiger partial charge in [0.15, 0.2) is 0 Å². The molecule has 1 aliphatic rings. The SMILES string of the molecule is CC(CO)(CCCCSc1cccc(Br)c1)NC1CC1. The van der Waals surface area contributed by atoms with Crippen molar-refractivity contribution in [3.05, 3.63) is 28.7 Å². The van der Waals surface area contributed by atoms with E-state index in [0.717, 1.165) is 23.1 Å². The van der Waals surface area contributed by atoms with Crippen molar-refractivity contribution in [3.63, 3.8) is 0 Å². The fourth-order valence-corrected chi connectivity index (χ4v) is 3.80. The third-order valence-corrected chi connectivity index (χ3v) is 5.24. The molecule has 4 heteroatoms. The van der Waals surface area contributed by atoms with Crippen molar-refractivity contribution in [2.24, 2.45) is 0 Å². The smallest absolute Gasteiger partial charge is 0.0610 e. The molecule has 0 heterocycles. The molecule has 1 atom stereocenters. The number of thioether (sulfide) groups is 1. The molecule has 2 rings (SSSR count). The summed E-state index contributed by atoms with van der Waals surface area (Å²) in [7, 11) is 0. The second-order valence-corrected chi connectivity index (χ2v) is 7.98. The van der Waals surface area contributed by atoms with Crippen LogP contribution in [-0.4, -0.2) is 29.0 Å². The molecule has 112 valence electrons. The van der Waals surface area contributed by atoms with Gasteiger partial charge in [-0.2, -0.15) is 0 Å². The predicted molar refractivity (Wildman–Crippen MR) is 90.4 cm³/mol. The highest BCUT2D eigenvalue weighted by atomic mass is 79.9. The van der Waals surface area contributed by atoms with Crippen LogP contribution in [0.4, 0.5) is 0 Å². The number of halogens is 1. The second-order valence-electron chi connectivity index (χ2n) is 5.90. The van der Waals surface area contributed by atoms with E-state index in [-0.39, 0.29) is 12.1 Å². The van der Waals surface area contributed by atoms with Crippen LogP contribution >= 0.6 is 27.7 Å². The van der Waals surface area contributed by atoms with Gasteiger partial charge >= 0.3 is 0 Å². The summed E-state index contributed by atoms with van der Waals surface area (Å²) in [4.78, 5) is 1.32. The van der Waals surface area contributed by atoms with Crippen LogP contribution in [0.25, 0.3) is 0 Å². The Morgan fingerprint density at radius 2 is 2.20 bits per heavy atom. The van der Waals surface area contributed by atoms with Gasteiger partial charge in [-0.1, -0.05) is 28.4 Å². The van der Waals surface area contributed by atoms with Crippen LogP contribution in [0.2, 0.25) is 0 Å². The monoisotopic (exact) mass is 357 g/mol. The van der Waals surface area contributed by atoms with E-state index in [1.54, 1.807) is 0 Å². The minimum atomic E-state index is -0.0817. The Bertz CT molecular complexity index is 425. The summed E-state index contributed by atoms with van der Waals surface area (Å²) in [5.74, 6) is 1.14. The number of aliphatic hydroxyl groups is 1. The number of nitrogens with one attached hydrogen (secondary N) is 1. The molecule has 1 aromatic carbocycles. The Kier molecular flexibility index (Phi) is 6.40. The number of benzene rings is 1. The number of hydrogen-bond donors (Lipinski definition) is 2. The zero-order chi connectivity index (χ0) is 14.4. The van der Waals surface area contributed by atoms with Gasteiger partial charge in [0.05, 0.1) is 6.61 Å². The van der Waals surface area contributed by atoms with Crippen molar-refractivity contribution in [3.8, 4) is 0 Å². The maximum absolute atomic E-state index is 9.55. The van der Waals surface area contributed by atoms with Crippen molar-refractivity contribution in [2.45, 2.75) is 55.5 Å². The Morgan fingerprint density at radius 1 is 1.40 bits per heavy atom. The van der Waals surface area contributed by atoms with Gasteiger partial charge in [0.2, 0.25) is 0 Å². The quantitative estimate of drug-likeness (QED) is 0.512. The van der Waals surface area contributed by atoms with E-state index in [1.807, 2.05) is 11.8 Å². The van der Waals surface area contributed by atoms with E-state index in [0.29, 0.717) is 6.04 Å². The van der Waals surface area contributed by atoms with Gasteiger partial charge in [-0.25, -0.2) is 0 Å². The molecule has 0 aromatic heterocycles. The Hall–Kier alpha value is -0.0300. The molecule has 0 bridgehead atoms. The summed E-state index contributed by atoms with van der Waals surface area (Å²) in [6.45, 7) is 2.38. The summed E-state index contributed by atoms with van der Waals surface area (Å²) >= 11 is 5.41. The summed E-state index contributed by atoms with van der Waals surface area (Å²) in [6.07, 6.45) is 5.96. The molecule has 20 heavy (non-hydrogen) atoms. The topological polar surface area (TPSA) is 32.3 Å². The van der Waals surface area contributed by atoms with E-state index in [9.17, 15) is 5.11 Å². The molecule has 1 aliphatic carbocycles. The van der Waals surface area contributed by atoms with Gasteiger partial charge in [0.25, 0.3) is 0 Å². The van der Waals surface area contributed by atoms with Crippen LogP contribution < -0.4 is 5.32 Å². The van der Waals surface area contributed by atoms with Crippen LogP contribution in [0.3, 0.4) is 0 Å². The van der Waals surface area contributed by atoms with E-state index >= 15 is 0 Å². The van der Waals surface area contributed by atoms with Gasteiger partial charge in [0.1, 0.15) is 0 Å². The standard InChI is InChI=1S/C16H24BrNOS/c1-16(12-19,18-14-7-8-14)9-2-3-10-20-15-6-4-5-13(17)11-15/h4-6,11,14,18-19H,2-3,7-10,12H2,1H3. The first-order valence-corrected chi connectivity index (χ1v) is 9.16. The van der Waals surface area contributed by atoms with Crippen molar-refractivity contribution < 1.29 is 5.11 Å². The van der Waals surface area contributed by atoms with Gasteiger partial charge in [-0.3, -0.25) is 0 Å². The van der Waals surface area contributed by atoms with Gasteiger partial charge in [-0.05, 0) is 56.6 Å². The third kappa shape index (κ3) is 5.76. The predicted octanol–water partition coefficient (Wildman–Crippen LogP) is 4.21. The average molecular weight is 358 g/mol. The Balaban J connectivity index is 1.62. The molecule has 0 saturated heterocycles. The van der Waals surface area contributed by atoms with Gasteiger partial charge in [0, 0.05) is 20.9 Å². The molecule has 0 spiro atoms. The molecule has 0 amide bonds. The molecule has 1 fully saturated rings. The van der Waals surface area contributed by atoms with E-state index in [2.05, 4.69) is 52.4 Å². The zero-order valence-corrected chi connectivity index (χ0v) is 14.5. The highest BCUT2D eigenvalue weighted by molar-refractivity contribution is 9.10. The van der Waals surface area contributed by atoms with Gasteiger partial charge < -0.3 is 10.4 Å². The summed E-state index contributed by atoms with van der Waals surface area (Å²) < 4.78 is 1.14. The molecular formula is C16H24BrNOS. The minimum Gasteiger partial charge on any atom is -0.394 e. The molecule has 1 unspecified atom stereocenters. The Labute approximate surface area is 134 Å². The molecule has 0 radical (unpaired) electrons. The van der Waals surface area contributed by atoms with E-state index in [4.69, 9.17) is 0 Å². The minimum absolute atomic E-state index is 0.0817. The van der Waals surface area contributed by atoms with E-state index in [1.165, 1.54) is 24.2 Å². The summed E-state index contributed by atoms with van der Waals surface area (Å²) in [5.41, 5.74) is -0.0817. The molecule has 2 nitrogen and oxygen atoms in total. The zero-order valence-electron chi connectivity index (χ0n) is 12.1. The average Bonchev–Trinajstić information content (AvgIpc) is 3.22. The largest absolute Gasteiger partial charge is 0.394 e. The van der Waals surface area contributed by atoms with Crippen LogP contribution in [0.1, 0.15) is 39.0 Å². The maximum atomic E-state index is 9.55. The first kappa shape index (κ1) is 16.3. The second kappa shape index (κ2) is 7.83. The van der Waals surface area contributed by atoms with E-state index < -0.39 is 0 Å². The van der Waals surface area contributed by atoms with Crippen LogP contribution in [-0.2, 0) is 0 Å². The number of rotatable bonds is 9. The van der Waals surface area contributed by atoms with Crippen molar-refractivity contribution >= 4 is 27.7 Å². The van der Waals surface area contributed by atoms with Crippen LogP contribution in [0, 0.1) is 0 Å². The lowest BCUT2D eigenvalue weighted by atomic mass is 9.96. The summed E-state index contributed by atoms with van der Waals surface area (Å²) in [5, 5.41) is 13.1. The van der Waals surface area contributed by atoms with Crippen molar-refractivity contribution in [1.29, 1.82) is 0 Å². The fourth-order valence-electron chi connectivity index (χ4n) is 2.28. The van der Waals surface area contributed by atoms with Crippen molar-refractivity contribution in [2.75, 3.05) is 12.4 Å². The van der Waals surface area contributed by atoms with Crippen LogP contribution in [0.15, 0.2) is 33.6 Å². The van der Waals surface area contributed by atoms with Crippen LogP contribution in [0.5, 0.6) is 0 Å². The molecule has 2 N–H and O–H groups in total. The first-order chi connectivity index (χ1) is 9.61. The normalized spacial score (nSPS) is 17.9. The maximum Gasteiger partial charge on any atom is 0.0610 e. The number of aliphatic hydroxyl groups excluding tert-OH is 1.